The average molecular weight is 289 g/mol. The normalized spacial score (nSPS) is 10.9. The average Bonchev–Trinajstić information content (AvgIpc) is 2.75. The molecule has 1 heterocycles. The lowest BCUT2D eigenvalue weighted by Crippen LogP contribution is -2.16. The molecule has 1 N–H and O–H groups in total. The monoisotopic (exact) mass is 289 g/mol. The van der Waals surface area contributed by atoms with Crippen molar-refractivity contribution in [2.24, 2.45) is 5.10 Å². The number of benzene rings is 1. The zero-order valence-electron chi connectivity index (χ0n) is 12.1. The molecule has 0 bridgehead atoms. The fourth-order valence-electron chi connectivity index (χ4n) is 2.11. The Bertz CT molecular complexity index is 675. The van der Waals surface area contributed by atoms with Gasteiger partial charge in [0, 0.05) is 22.6 Å². The van der Waals surface area contributed by atoms with E-state index in [9.17, 15) is 9.18 Å². The molecule has 0 saturated heterocycles. The molecule has 0 aliphatic heterocycles. The molecule has 0 atom stereocenters. The summed E-state index contributed by atoms with van der Waals surface area (Å²) in [5, 5.41) is 3.81. The number of amides is 1. The number of hydrogen-bond acceptors (Lipinski definition) is 3. The lowest BCUT2D eigenvalue weighted by atomic mass is 10.2. The van der Waals surface area contributed by atoms with E-state index in [4.69, 9.17) is 0 Å². The maximum Gasteiger partial charge on any atom is 0.427 e. The Labute approximate surface area is 122 Å². The van der Waals surface area contributed by atoms with Gasteiger partial charge < -0.3 is 9.30 Å². The van der Waals surface area contributed by atoms with E-state index in [1.54, 1.807) is 18.3 Å². The van der Waals surface area contributed by atoms with Crippen LogP contribution >= 0.6 is 0 Å². The third-order valence-electron chi connectivity index (χ3n) is 3.10. The lowest BCUT2D eigenvalue weighted by Gasteiger charge is -2.09. The molecular formula is C15H16FN3O2. The topological polar surface area (TPSA) is 55.6 Å². The second-order valence-electron chi connectivity index (χ2n) is 4.50. The standard InChI is InChI=1S/C15H16FN3O2/c1-10-8-12(9-17-18-15(20)21-3)11(2)19(10)14-6-4-13(16)5-7-14/h4-9H,1-3H3,(H,18,20)/b17-9+. The first kappa shape index (κ1) is 14.8. The van der Waals surface area contributed by atoms with E-state index in [1.165, 1.54) is 19.2 Å². The van der Waals surface area contributed by atoms with E-state index in [-0.39, 0.29) is 5.82 Å². The Balaban J connectivity index is 2.29. The molecule has 2 aromatic rings. The molecule has 2 rings (SSSR count). The summed E-state index contributed by atoms with van der Waals surface area (Å²) >= 11 is 0. The largest absolute Gasteiger partial charge is 0.452 e. The Morgan fingerprint density at radius 3 is 2.62 bits per heavy atom. The molecule has 0 spiro atoms. The Morgan fingerprint density at radius 1 is 1.33 bits per heavy atom. The molecule has 0 saturated carbocycles. The van der Waals surface area contributed by atoms with Crippen LogP contribution in [-0.4, -0.2) is 24.0 Å². The van der Waals surface area contributed by atoms with Crippen molar-refractivity contribution in [3.63, 3.8) is 0 Å². The molecule has 110 valence electrons. The Kier molecular flexibility index (Phi) is 4.37. The number of nitrogens with zero attached hydrogens (tertiary/aromatic N) is 2. The second-order valence-corrected chi connectivity index (χ2v) is 4.50. The van der Waals surface area contributed by atoms with E-state index >= 15 is 0 Å². The van der Waals surface area contributed by atoms with Crippen LogP contribution in [0, 0.1) is 19.7 Å². The quantitative estimate of drug-likeness (QED) is 0.697. The van der Waals surface area contributed by atoms with Gasteiger partial charge in [0.05, 0.1) is 13.3 Å². The first-order valence-electron chi connectivity index (χ1n) is 6.35. The lowest BCUT2D eigenvalue weighted by molar-refractivity contribution is 0.171. The fourth-order valence-corrected chi connectivity index (χ4v) is 2.11. The zero-order chi connectivity index (χ0) is 15.4. The van der Waals surface area contributed by atoms with Gasteiger partial charge in [0.1, 0.15) is 5.82 Å². The van der Waals surface area contributed by atoms with Crippen molar-refractivity contribution in [2.75, 3.05) is 7.11 Å². The number of hydrazone groups is 1. The minimum absolute atomic E-state index is 0.273. The molecule has 0 radical (unpaired) electrons. The summed E-state index contributed by atoms with van der Waals surface area (Å²) in [5.41, 5.74) is 5.88. The molecule has 0 unspecified atom stereocenters. The highest BCUT2D eigenvalue weighted by atomic mass is 19.1. The van der Waals surface area contributed by atoms with Gasteiger partial charge in [0.25, 0.3) is 0 Å². The van der Waals surface area contributed by atoms with Crippen molar-refractivity contribution in [3.8, 4) is 5.69 Å². The first-order chi connectivity index (χ1) is 10.0. The summed E-state index contributed by atoms with van der Waals surface area (Å²) in [7, 11) is 1.27. The van der Waals surface area contributed by atoms with E-state index in [2.05, 4.69) is 15.3 Å². The molecule has 0 aliphatic rings. The van der Waals surface area contributed by atoms with Gasteiger partial charge in [-0.2, -0.15) is 5.10 Å². The number of nitrogens with one attached hydrogen (secondary N) is 1. The third kappa shape index (κ3) is 3.28. The van der Waals surface area contributed by atoms with Crippen LogP contribution in [0.2, 0.25) is 0 Å². The van der Waals surface area contributed by atoms with Crippen LogP contribution in [-0.2, 0) is 4.74 Å². The second kappa shape index (κ2) is 6.21. The number of hydrogen-bond donors (Lipinski definition) is 1. The molecule has 0 fully saturated rings. The van der Waals surface area contributed by atoms with Gasteiger partial charge in [-0.25, -0.2) is 14.6 Å². The fraction of sp³-hybridized carbons (Fsp3) is 0.200. The highest BCUT2D eigenvalue weighted by Crippen LogP contribution is 2.19. The van der Waals surface area contributed by atoms with E-state index in [0.29, 0.717) is 0 Å². The number of rotatable bonds is 3. The van der Waals surface area contributed by atoms with Crippen LogP contribution < -0.4 is 5.43 Å². The van der Waals surface area contributed by atoms with Crippen molar-refractivity contribution < 1.29 is 13.9 Å². The number of aryl methyl sites for hydroxylation is 1. The van der Waals surface area contributed by atoms with Gasteiger partial charge in [-0.3, -0.25) is 0 Å². The smallest absolute Gasteiger partial charge is 0.427 e. The SMILES string of the molecule is COC(=O)N/N=C/c1cc(C)n(-c2ccc(F)cc2)c1C. The van der Waals surface area contributed by atoms with Gasteiger partial charge in [0.2, 0.25) is 0 Å². The maximum atomic E-state index is 13.0. The van der Waals surface area contributed by atoms with Gasteiger partial charge >= 0.3 is 6.09 Å². The minimum atomic E-state index is -0.626. The molecule has 21 heavy (non-hydrogen) atoms. The molecule has 5 nitrogen and oxygen atoms in total. The van der Waals surface area contributed by atoms with Gasteiger partial charge in [-0.05, 0) is 44.2 Å². The summed E-state index contributed by atoms with van der Waals surface area (Å²) in [6.07, 6.45) is 0.915. The van der Waals surface area contributed by atoms with Crippen LogP contribution in [0.15, 0.2) is 35.4 Å². The van der Waals surface area contributed by atoms with E-state index in [1.807, 2.05) is 24.5 Å². The maximum absolute atomic E-state index is 13.0. The van der Waals surface area contributed by atoms with Crippen molar-refractivity contribution in [1.29, 1.82) is 0 Å². The van der Waals surface area contributed by atoms with Crippen molar-refractivity contribution in [2.45, 2.75) is 13.8 Å². The molecule has 1 amide bonds. The highest BCUT2D eigenvalue weighted by molar-refractivity contribution is 5.83. The van der Waals surface area contributed by atoms with Crippen LogP contribution in [0.1, 0.15) is 17.0 Å². The predicted molar refractivity (Wildman–Crippen MR) is 78.3 cm³/mol. The summed E-state index contributed by atoms with van der Waals surface area (Å²) in [4.78, 5) is 10.9. The van der Waals surface area contributed by atoms with Gasteiger partial charge in [-0.15, -0.1) is 0 Å². The van der Waals surface area contributed by atoms with E-state index < -0.39 is 6.09 Å². The van der Waals surface area contributed by atoms with Crippen LogP contribution in [0.5, 0.6) is 0 Å². The minimum Gasteiger partial charge on any atom is -0.452 e. The van der Waals surface area contributed by atoms with Crippen molar-refractivity contribution in [3.05, 3.63) is 53.1 Å². The van der Waals surface area contributed by atoms with Crippen molar-refractivity contribution in [1.82, 2.24) is 9.99 Å². The van der Waals surface area contributed by atoms with Crippen molar-refractivity contribution >= 4 is 12.3 Å². The summed E-state index contributed by atoms with van der Waals surface area (Å²) in [6, 6.07) is 8.19. The molecule has 1 aromatic carbocycles. The highest BCUT2D eigenvalue weighted by Gasteiger charge is 2.09. The number of aromatic nitrogens is 1. The number of ether oxygens (including phenoxy) is 1. The van der Waals surface area contributed by atoms with Crippen LogP contribution in [0.4, 0.5) is 9.18 Å². The predicted octanol–water partition coefficient (Wildman–Crippen LogP) is 2.92. The molecule has 6 heteroatoms. The van der Waals surface area contributed by atoms with Gasteiger partial charge in [0.15, 0.2) is 0 Å². The van der Waals surface area contributed by atoms with E-state index in [0.717, 1.165) is 22.6 Å². The van der Waals surface area contributed by atoms with Gasteiger partial charge in [-0.1, -0.05) is 0 Å². The summed E-state index contributed by atoms with van der Waals surface area (Å²) < 4.78 is 19.4. The summed E-state index contributed by atoms with van der Waals surface area (Å²) in [6.45, 7) is 3.87. The first-order valence-corrected chi connectivity index (χ1v) is 6.35. The Morgan fingerprint density at radius 2 is 2.00 bits per heavy atom. The number of halogens is 1. The summed E-state index contributed by atoms with van der Waals surface area (Å²) in [5.74, 6) is -0.273. The molecular weight excluding hydrogens is 273 g/mol. The third-order valence-corrected chi connectivity index (χ3v) is 3.10. The molecule has 0 aliphatic carbocycles. The Hall–Kier alpha value is -2.63. The number of carbonyl (C=O) groups is 1. The number of methoxy groups -OCH3 is 1. The van der Waals surface area contributed by atoms with Crippen LogP contribution in [0.3, 0.4) is 0 Å². The van der Waals surface area contributed by atoms with Crippen LogP contribution in [0.25, 0.3) is 5.69 Å². The zero-order valence-corrected chi connectivity index (χ0v) is 12.1. The number of carbonyl (C=O) groups excluding carboxylic acids is 1. The molecule has 1 aromatic heterocycles.